The van der Waals surface area contributed by atoms with E-state index >= 15 is 0 Å². The molecule has 0 radical (unpaired) electrons. The van der Waals surface area contributed by atoms with Crippen LogP contribution in [0.15, 0.2) is 10.6 Å². The number of carbonyl (C=O) groups excluding carboxylic acids is 1. The van der Waals surface area contributed by atoms with E-state index in [1.165, 1.54) is 0 Å². The van der Waals surface area contributed by atoms with Gasteiger partial charge < -0.3 is 14.9 Å². The van der Waals surface area contributed by atoms with E-state index in [4.69, 9.17) is 5.11 Å². The first-order valence-corrected chi connectivity index (χ1v) is 5.91. The Balaban J connectivity index is 2.51. The summed E-state index contributed by atoms with van der Waals surface area (Å²) in [5.41, 5.74) is -0.0104. The van der Waals surface area contributed by atoms with Crippen LogP contribution in [0.5, 0.6) is 0 Å². The van der Waals surface area contributed by atoms with Gasteiger partial charge in [-0.1, -0.05) is 19.0 Å². The van der Waals surface area contributed by atoms with Crippen LogP contribution >= 0.6 is 0 Å². The van der Waals surface area contributed by atoms with Gasteiger partial charge in [-0.2, -0.15) is 0 Å². The quantitative estimate of drug-likeness (QED) is 0.809. The van der Waals surface area contributed by atoms with E-state index in [-0.39, 0.29) is 17.5 Å². The molecule has 1 unspecified atom stereocenters. The molecule has 0 saturated carbocycles. The fourth-order valence-electron chi connectivity index (χ4n) is 1.44. The van der Waals surface area contributed by atoms with Gasteiger partial charge in [-0.3, -0.25) is 4.79 Å². The fraction of sp³-hybridized carbons (Fsp3) is 0.583. The molecule has 1 aromatic rings. The van der Waals surface area contributed by atoms with Gasteiger partial charge in [0.15, 0.2) is 5.69 Å². The van der Waals surface area contributed by atoms with Crippen molar-refractivity contribution in [2.75, 3.05) is 0 Å². The molecule has 0 fully saturated rings. The fourth-order valence-corrected chi connectivity index (χ4v) is 1.44. The minimum atomic E-state index is -1.24. The third kappa shape index (κ3) is 4.20. The number of hydrogen-bond donors (Lipinski definition) is 2. The maximum atomic E-state index is 11.7. The van der Waals surface area contributed by atoms with Crippen LogP contribution in [-0.2, 0) is 0 Å². The molecular weight excluding hydrogens is 236 g/mol. The molecule has 0 bridgehead atoms. The van der Waals surface area contributed by atoms with Crippen molar-refractivity contribution in [1.82, 2.24) is 10.5 Å². The van der Waals surface area contributed by atoms with Crippen molar-refractivity contribution in [1.29, 1.82) is 0 Å². The van der Waals surface area contributed by atoms with Gasteiger partial charge in [-0.25, -0.2) is 4.79 Å². The Bertz CT molecular complexity index is 425. The molecule has 0 aromatic carbocycles. The van der Waals surface area contributed by atoms with Crippen molar-refractivity contribution < 1.29 is 19.2 Å². The molecule has 100 valence electrons. The number of hydrogen-bond acceptors (Lipinski definition) is 4. The van der Waals surface area contributed by atoms with E-state index in [1.54, 1.807) is 0 Å². The van der Waals surface area contributed by atoms with Crippen LogP contribution in [0.3, 0.4) is 0 Å². The maximum absolute atomic E-state index is 11.7. The van der Waals surface area contributed by atoms with Crippen LogP contribution < -0.4 is 5.32 Å². The molecular formula is C12H18N2O4. The number of carboxylic acids is 1. The molecule has 1 rings (SSSR count). The first-order valence-electron chi connectivity index (χ1n) is 5.91. The highest BCUT2D eigenvalue weighted by atomic mass is 16.5. The summed E-state index contributed by atoms with van der Waals surface area (Å²) < 4.78 is 4.52. The van der Waals surface area contributed by atoms with Gasteiger partial charge in [0.2, 0.25) is 5.76 Å². The molecule has 0 aliphatic rings. The summed E-state index contributed by atoms with van der Waals surface area (Å²) in [5.74, 6) is -1.41. The topological polar surface area (TPSA) is 92.4 Å². The summed E-state index contributed by atoms with van der Waals surface area (Å²) in [6.45, 7) is 6.13. The van der Waals surface area contributed by atoms with Crippen LogP contribution in [0.4, 0.5) is 0 Å². The average Bonchev–Trinajstić information content (AvgIpc) is 2.75. The van der Waals surface area contributed by atoms with Gasteiger partial charge >= 0.3 is 5.97 Å². The predicted molar refractivity (Wildman–Crippen MR) is 64.5 cm³/mol. The molecule has 2 N–H and O–H groups in total. The first kappa shape index (κ1) is 14.2. The van der Waals surface area contributed by atoms with E-state index in [9.17, 15) is 9.59 Å². The van der Waals surface area contributed by atoms with E-state index in [2.05, 4.69) is 28.8 Å². The number of amides is 1. The number of carboxylic acid groups (broad SMARTS) is 1. The van der Waals surface area contributed by atoms with E-state index in [0.29, 0.717) is 5.92 Å². The smallest absolute Gasteiger partial charge is 0.374 e. The molecule has 18 heavy (non-hydrogen) atoms. The normalized spacial score (nSPS) is 12.4. The molecule has 1 heterocycles. The number of nitrogens with zero attached hydrogens (tertiary/aromatic N) is 1. The monoisotopic (exact) mass is 254 g/mol. The summed E-state index contributed by atoms with van der Waals surface area (Å²) in [6.07, 6.45) is 1.88. The Kier molecular flexibility index (Phi) is 4.88. The highest BCUT2D eigenvalue weighted by molar-refractivity contribution is 5.94. The largest absolute Gasteiger partial charge is 0.475 e. The zero-order valence-corrected chi connectivity index (χ0v) is 10.8. The van der Waals surface area contributed by atoms with Crippen molar-refractivity contribution in [3.05, 3.63) is 17.5 Å². The molecule has 0 spiro atoms. The molecule has 1 atom stereocenters. The maximum Gasteiger partial charge on any atom is 0.374 e. The number of aromatic carboxylic acids is 1. The summed E-state index contributed by atoms with van der Waals surface area (Å²) in [7, 11) is 0. The lowest BCUT2D eigenvalue weighted by Gasteiger charge is -2.13. The Morgan fingerprint density at radius 3 is 2.56 bits per heavy atom. The third-order valence-electron chi connectivity index (χ3n) is 2.51. The van der Waals surface area contributed by atoms with Crippen molar-refractivity contribution in [3.63, 3.8) is 0 Å². The lowest BCUT2D eigenvalue weighted by atomic mass is 10.0. The Labute approximate surface area is 105 Å². The van der Waals surface area contributed by atoms with Crippen LogP contribution in [0.2, 0.25) is 0 Å². The summed E-state index contributed by atoms with van der Waals surface area (Å²) >= 11 is 0. The van der Waals surface area contributed by atoms with Gasteiger partial charge in [0.05, 0.1) is 0 Å². The lowest BCUT2D eigenvalue weighted by Crippen LogP contribution is -2.32. The van der Waals surface area contributed by atoms with Crippen LogP contribution in [-0.4, -0.2) is 28.2 Å². The number of nitrogens with one attached hydrogen (secondary N) is 1. The van der Waals surface area contributed by atoms with Crippen LogP contribution in [0, 0.1) is 5.92 Å². The predicted octanol–water partition coefficient (Wildman–Crippen LogP) is 1.93. The molecule has 1 aromatic heterocycles. The van der Waals surface area contributed by atoms with Gasteiger partial charge in [0.25, 0.3) is 5.91 Å². The second-order valence-electron chi connectivity index (χ2n) is 4.73. The van der Waals surface area contributed by atoms with Gasteiger partial charge in [0, 0.05) is 12.1 Å². The molecule has 6 nitrogen and oxygen atoms in total. The molecule has 0 aliphatic carbocycles. The van der Waals surface area contributed by atoms with Crippen LogP contribution in [0.1, 0.15) is 54.7 Å². The second-order valence-corrected chi connectivity index (χ2v) is 4.73. The zero-order chi connectivity index (χ0) is 13.7. The zero-order valence-electron chi connectivity index (χ0n) is 10.8. The van der Waals surface area contributed by atoms with Crippen LogP contribution in [0.25, 0.3) is 0 Å². The summed E-state index contributed by atoms with van der Waals surface area (Å²) in [5, 5.41) is 14.8. The number of aromatic nitrogens is 1. The Morgan fingerprint density at radius 1 is 1.39 bits per heavy atom. The first-order chi connectivity index (χ1) is 8.40. The van der Waals surface area contributed by atoms with Crippen molar-refractivity contribution in [2.45, 2.75) is 39.7 Å². The molecule has 0 aliphatic heterocycles. The number of rotatable bonds is 6. The Morgan fingerprint density at radius 2 is 2.06 bits per heavy atom. The van der Waals surface area contributed by atoms with Gasteiger partial charge in [0.1, 0.15) is 0 Å². The average molecular weight is 254 g/mol. The summed E-state index contributed by atoms with van der Waals surface area (Å²) in [6, 6.07) is 1.14. The Hall–Kier alpha value is -1.85. The van der Waals surface area contributed by atoms with E-state index < -0.39 is 11.9 Å². The van der Waals surface area contributed by atoms with E-state index in [1.807, 2.05) is 6.92 Å². The lowest BCUT2D eigenvalue weighted by molar-refractivity contribution is 0.0651. The second kappa shape index (κ2) is 6.18. The molecule has 0 saturated heterocycles. The molecule has 1 amide bonds. The standard InChI is InChI=1S/C12H18N2O4/c1-7(2)4-5-8(3)13-11(15)9-6-10(12(16)17)18-14-9/h6-8H,4-5H2,1-3H3,(H,13,15)(H,16,17). The highest BCUT2D eigenvalue weighted by Gasteiger charge is 2.17. The van der Waals surface area contributed by atoms with Gasteiger partial charge in [-0.15, -0.1) is 0 Å². The van der Waals surface area contributed by atoms with Crippen molar-refractivity contribution >= 4 is 11.9 Å². The highest BCUT2D eigenvalue weighted by Crippen LogP contribution is 2.08. The number of carbonyl (C=O) groups is 2. The van der Waals surface area contributed by atoms with Gasteiger partial charge in [-0.05, 0) is 25.7 Å². The summed E-state index contributed by atoms with van der Waals surface area (Å²) in [4.78, 5) is 22.3. The third-order valence-corrected chi connectivity index (χ3v) is 2.51. The molecule has 6 heteroatoms. The minimum absolute atomic E-state index is 0.0104. The van der Waals surface area contributed by atoms with Crippen molar-refractivity contribution in [3.8, 4) is 0 Å². The van der Waals surface area contributed by atoms with E-state index in [0.717, 1.165) is 18.9 Å². The SMILES string of the molecule is CC(C)CCC(C)NC(=O)c1cc(C(=O)O)on1. The van der Waals surface area contributed by atoms with Crippen molar-refractivity contribution in [2.24, 2.45) is 5.92 Å². The minimum Gasteiger partial charge on any atom is -0.475 e.